The van der Waals surface area contributed by atoms with Gasteiger partial charge in [-0.2, -0.15) is 0 Å². The number of nitrogen functional groups attached to an aromatic ring is 4. The summed E-state index contributed by atoms with van der Waals surface area (Å²) in [4.78, 5) is 0. The Bertz CT molecular complexity index is 2740. The fourth-order valence-electron chi connectivity index (χ4n) is 6.15. The van der Waals surface area contributed by atoms with E-state index < -0.39 is 30.6 Å². The van der Waals surface area contributed by atoms with E-state index in [-0.39, 0.29) is 23.0 Å². The molecule has 0 radical (unpaired) electrons. The van der Waals surface area contributed by atoms with Crippen molar-refractivity contribution in [3.8, 4) is 46.0 Å². The van der Waals surface area contributed by atoms with Gasteiger partial charge >= 0.3 is 30.6 Å². The lowest BCUT2D eigenvalue weighted by Gasteiger charge is -2.33. The van der Waals surface area contributed by atoms with Crippen LogP contribution >= 0.6 is 30.6 Å². The number of rotatable bonds is 16. The van der Waals surface area contributed by atoms with Crippen LogP contribution in [0.15, 0.2) is 236 Å². The van der Waals surface area contributed by atoms with Gasteiger partial charge in [-0.25, -0.2) is 0 Å². The van der Waals surface area contributed by atoms with E-state index in [2.05, 4.69) is 0 Å². The maximum absolute atomic E-state index is 7.05. The van der Waals surface area contributed by atoms with Gasteiger partial charge in [0.25, 0.3) is 0 Å². The molecule has 0 amide bonds. The second-order valence-electron chi connectivity index (χ2n) is 14.6. The summed E-state index contributed by atoms with van der Waals surface area (Å²) in [6.45, 7) is 0. The van der Waals surface area contributed by atoms with Crippen LogP contribution in [0.5, 0.6) is 46.0 Å². The van der Waals surface area contributed by atoms with Crippen molar-refractivity contribution in [3.63, 3.8) is 0 Å². The van der Waals surface area contributed by atoms with Gasteiger partial charge in [-0.15, -0.1) is 0 Å². The van der Waals surface area contributed by atoms with E-state index >= 15 is 0 Å². The molecular formula is C48H44N8O8P4. The van der Waals surface area contributed by atoms with E-state index in [1.807, 2.05) is 24.3 Å². The first-order valence-electron chi connectivity index (χ1n) is 20.8. The second kappa shape index (κ2) is 20.0. The molecule has 0 saturated carbocycles. The van der Waals surface area contributed by atoms with E-state index in [4.69, 9.17) is 77.2 Å². The standard InChI is InChI=1S/C48H44N8O8P4/c49-37-21-29-45(30-22-37)61-65(57-41-13-5-1-6-14-41)53-66(58-42-15-7-2-8-16-42,62-46-31-23-38(50)24-32-46)55-68(60-44-19-11-4-12-20-44,64-48-35-27-40(52)28-36-48)56-67(54-65,59-43-17-9-3-10-18-43)63-47-33-25-39(51)26-34-47/h1-36H,49-52H2. The summed E-state index contributed by atoms with van der Waals surface area (Å²) in [6, 6.07) is 62.1. The van der Waals surface area contributed by atoms with E-state index in [1.54, 1.807) is 194 Å². The number of hydrogen-bond donors (Lipinski definition) is 4. The zero-order chi connectivity index (χ0) is 46.9. The van der Waals surface area contributed by atoms with Crippen LogP contribution in [0, 0.1) is 0 Å². The lowest BCUT2D eigenvalue weighted by Crippen LogP contribution is -2.11. The molecule has 0 aliphatic carbocycles. The molecule has 8 N–H and O–H groups in total. The topological polar surface area (TPSA) is 227 Å². The van der Waals surface area contributed by atoms with Gasteiger partial charge < -0.3 is 59.1 Å². The molecule has 8 aromatic rings. The molecule has 8 aromatic carbocycles. The third-order valence-electron chi connectivity index (χ3n) is 9.19. The normalized spacial score (nSPS) is 20.7. The molecule has 20 heteroatoms. The average Bonchev–Trinajstić information content (AvgIpc) is 3.33. The number of hydrogen-bond acceptors (Lipinski definition) is 16. The molecule has 0 atom stereocenters. The Labute approximate surface area is 393 Å². The molecule has 68 heavy (non-hydrogen) atoms. The van der Waals surface area contributed by atoms with E-state index in [0.29, 0.717) is 45.7 Å². The smallest absolute Gasteiger partial charge is 0.413 e. The first-order chi connectivity index (χ1) is 33.0. The van der Waals surface area contributed by atoms with Gasteiger partial charge in [-0.3, -0.25) is 0 Å². The van der Waals surface area contributed by atoms with Crippen LogP contribution in [-0.4, -0.2) is 0 Å². The van der Waals surface area contributed by atoms with Crippen molar-refractivity contribution in [2.45, 2.75) is 0 Å². The molecule has 9 rings (SSSR count). The summed E-state index contributed by atoms with van der Waals surface area (Å²) in [5.74, 6) is 2.14. The van der Waals surface area contributed by atoms with Crippen LogP contribution in [0.3, 0.4) is 0 Å². The Morgan fingerprint density at radius 1 is 0.206 bits per heavy atom. The molecule has 1 aliphatic rings. The average molecular weight is 985 g/mol. The zero-order valence-electron chi connectivity index (χ0n) is 35.9. The Kier molecular flexibility index (Phi) is 13.4. The Hall–Kier alpha value is -7.72. The van der Waals surface area contributed by atoms with Crippen molar-refractivity contribution in [2.75, 3.05) is 22.9 Å². The van der Waals surface area contributed by atoms with Gasteiger partial charge in [0.1, 0.15) is 46.0 Å². The van der Waals surface area contributed by atoms with E-state index in [9.17, 15) is 0 Å². The minimum Gasteiger partial charge on any atom is -0.413 e. The molecule has 0 aromatic heterocycles. The quantitative estimate of drug-likeness (QED) is 0.0524. The molecule has 0 saturated heterocycles. The fourth-order valence-corrected chi connectivity index (χ4v) is 18.2. The Balaban J connectivity index is 1.48. The summed E-state index contributed by atoms with van der Waals surface area (Å²) in [5, 5.41) is 0. The predicted molar refractivity (Wildman–Crippen MR) is 272 cm³/mol. The maximum Gasteiger partial charge on any atom is 0.460 e. The third kappa shape index (κ3) is 11.6. The van der Waals surface area contributed by atoms with Crippen molar-refractivity contribution in [2.24, 2.45) is 18.1 Å². The lowest BCUT2D eigenvalue weighted by atomic mass is 10.3. The number of nitrogens with two attached hydrogens (primary N) is 4. The van der Waals surface area contributed by atoms with Crippen molar-refractivity contribution in [1.29, 1.82) is 0 Å². The highest BCUT2D eigenvalue weighted by Crippen LogP contribution is 2.79. The van der Waals surface area contributed by atoms with Crippen LogP contribution in [0.2, 0.25) is 0 Å². The molecule has 0 bridgehead atoms. The minimum atomic E-state index is -4.50. The van der Waals surface area contributed by atoms with Crippen LogP contribution in [0.4, 0.5) is 22.7 Å². The number of anilines is 4. The van der Waals surface area contributed by atoms with E-state index in [1.165, 1.54) is 0 Å². The second-order valence-corrected chi connectivity index (χ2v) is 22.8. The molecule has 0 spiro atoms. The first-order valence-corrected chi connectivity index (χ1v) is 26.9. The van der Waals surface area contributed by atoms with Crippen LogP contribution < -0.4 is 59.1 Å². The fraction of sp³-hybridized carbons (Fsp3) is 0. The summed E-state index contributed by atoms with van der Waals surface area (Å²) in [6.07, 6.45) is 0. The molecule has 1 heterocycles. The molecule has 0 fully saturated rings. The van der Waals surface area contributed by atoms with Crippen LogP contribution in [-0.2, 0) is 0 Å². The van der Waals surface area contributed by atoms with Crippen molar-refractivity contribution < 1.29 is 36.2 Å². The van der Waals surface area contributed by atoms with Crippen LogP contribution in [0.25, 0.3) is 0 Å². The van der Waals surface area contributed by atoms with Crippen molar-refractivity contribution in [1.82, 2.24) is 0 Å². The highest BCUT2D eigenvalue weighted by Gasteiger charge is 2.49. The molecule has 0 unspecified atom stereocenters. The van der Waals surface area contributed by atoms with Gasteiger partial charge in [0.15, 0.2) is 0 Å². The summed E-state index contributed by atoms with van der Waals surface area (Å²) in [5.41, 5.74) is 26.7. The molecule has 16 nitrogen and oxygen atoms in total. The SMILES string of the molecule is Nc1ccc(OP2(Oc3ccccc3)=NP(Oc3ccccc3)(Oc3ccc(N)cc3)=NP(Oc3ccccc3)(Oc3ccc(N)cc3)=NP(Oc3ccccc3)(Oc3ccc(N)cc3)=N2)cc1. The largest absolute Gasteiger partial charge is 0.460 e. The van der Waals surface area contributed by atoms with Crippen molar-refractivity contribution >= 4 is 53.4 Å². The summed E-state index contributed by atoms with van der Waals surface area (Å²) >= 11 is 0. The monoisotopic (exact) mass is 984 g/mol. The highest BCUT2D eigenvalue weighted by atomic mass is 31.3. The van der Waals surface area contributed by atoms with Crippen LogP contribution in [0.1, 0.15) is 0 Å². The highest BCUT2D eigenvalue weighted by molar-refractivity contribution is 7.79. The lowest BCUT2D eigenvalue weighted by molar-refractivity contribution is 0.444. The predicted octanol–water partition coefficient (Wildman–Crippen LogP) is 14.7. The maximum atomic E-state index is 7.05. The van der Waals surface area contributed by atoms with Gasteiger partial charge in [0, 0.05) is 22.7 Å². The molecular weight excluding hydrogens is 940 g/mol. The zero-order valence-corrected chi connectivity index (χ0v) is 39.5. The number of benzene rings is 8. The van der Waals surface area contributed by atoms with Gasteiger partial charge in [0.2, 0.25) is 0 Å². The third-order valence-corrected chi connectivity index (χ3v) is 20.0. The van der Waals surface area contributed by atoms with Gasteiger partial charge in [-0.1, -0.05) is 90.9 Å². The minimum absolute atomic E-state index is 0.242. The summed E-state index contributed by atoms with van der Waals surface area (Å²) < 4.78 is 78.3. The Morgan fingerprint density at radius 3 is 0.515 bits per heavy atom. The van der Waals surface area contributed by atoms with Crippen molar-refractivity contribution in [3.05, 3.63) is 218 Å². The number of para-hydroxylation sites is 4. The molecule has 1 aliphatic heterocycles. The van der Waals surface area contributed by atoms with E-state index in [0.717, 1.165) is 0 Å². The van der Waals surface area contributed by atoms with Gasteiger partial charge in [0.05, 0.1) is 0 Å². The van der Waals surface area contributed by atoms with Gasteiger partial charge in [-0.05, 0) is 146 Å². The summed E-state index contributed by atoms with van der Waals surface area (Å²) in [7, 11) is -18.0. The Morgan fingerprint density at radius 2 is 0.353 bits per heavy atom. The first kappa shape index (κ1) is 45.4. The molecule has 344 valence electrons. The number of nitrogens with zero attached hydrogens (tertiary/aromatic N) is 4.